The van der Waals surface area contributed by atoms with E-state index in [0.717, 1.165) is 4.90 Å². The second kappa shape index (κ2) is 6.42. The van der Waals surface area contributed by atoms with Gasteiger partial charge >= 0.3 is 5.97 Å². The Labute approximate surface area is 120 Å². The molecule has 0 saturated heterocycles. The summed E-state index contributed by atoms with van der Waals surface area (Å²) in [6, 6.07) is 5.38. The molecule has 0 aliphatic heterocycles. The van der Waals surface area contributed by atoms with E-state index in [1.807, 2.05) is 12.3 Å². The van der Waals surface area contributed by atoms with Crippen LogP contribution in [-0.2, 0) is 6.42 Å². The number of thioether (sulfide) groups is 1. The summed E-state index contributed by atoms with van der Waals surface area (Å²) >= 11 is 1.41. The number of carboxylic acids is 1. The van der Waals surface area contributed by atoms with Gasteiger partial charge in [0.1, 0.15) is 0 Å². The fourth-order valence-corrected chi connectivity index (χ4v) is 2.44. The van der Waals surface area contributed by atoms with Gasteiger partial charge in [-0.15, -0.1) is 11.8 Å². The Balaban J connectivity index is 2.07. The van der Waals surface area contributed by atoms with Crippen LogP contribution in [0.4, 0.5) is 5.69 Å². The first kappa shape index (κ1) is 14.4. The lowest BCUT2D eigenvalue weighted by molar-refractivity contribution is 0.0694. The fraction of sp³-hybridized carbons (Fsp3) is 0.308. The van der Waals surface area contributed by atoms with Crippen molar-refractivity contribution in [3.63, 3.8) is 0 Å². The number of hydrogen-bond acceptors (Lipinski definition) is 6. The highest BCUT2D eigenvalue weighted by atomic mass is 32.2. The van der Waals surface area contributed by atoms with Crippen LogP contribution < -0.4 is 5.32 Å². The molecular weight excluding hydrogens is 278 g/mol. The SMILES string of the molecule is CSc1cccc(NCCc2noc(C)n2)c1C(=O)O. The fourth-order valence-electron chi connectivity index (χ4n) is 1.82. The molecule has 1 aromatic carbocycles. The smallest absolute Gasteiger partial charge is 0.338 e. The van der Waals surface area contributed by atoms with Crippen molar-refractivity contribution in [2.24, 2.45) is 0 Å². The van der Waals surface area contributed by atoms with E-state index in [2.05, 4.69) is 15.5 Å². The highest BCUT2D eigenvalue weighted by Gasteiger charge is 2.14. The zero-order valence-electron chi connectivity index (χ0n) is 11.2. The van der Waals surface area contributed by atoms with E-state index in [9.17, 15) is 9.90 Å². The molecule has 7 heteroatoms. The predicted molar refractivity (Wildman–Crippen MR) is 76.4 cm³/mol. The molecule has 0 bridgehead atoms. The molecule has 0 unspecified atom stereocenters. The second-order valence-corrected chi connectivity index (χ2v) is 4.94. The van der Waals surface area contributed by atoms with E-state index in [1.165, 1.54) is 11.8 Å². The third kappa shape index (κ3) is 3.30. The minimum Gasteiger partial charge on any atom is -0.478 e. The van der Waals surface area contributed by atoms with E-state index in [1.54, 1.807) is 19.1 Å². The molecule has 0 saturated carbocycles. The van der Waals surface area contributed by atoms with Gasteiger partial charge in [-0.3, -0.25) is 0 Å². The summed E-state index contributed by atoms with van der Waals surface area (Å²) in [5, 5.41) is 16.2. The highest BCUT2D eigenvalue weighted by molar-refractivity contribution is 7.98. The number of nitrogens with one attached hydrogen (secondary N) is 1. The molecule has 6 nitrogen and oxygen atoms in total. The summed E-state index contributed by atoms with van der Waals surface area (Å²) in [5.74, 6) is 0.191. The molecular formula is C13H15N3O3S. The van der Waals surface area contributed by atoms with Gasteiger partial charge in [0, 0.05) is 30.5 Å². The van der Waals surface area contributed by atoms with Crippen LogP contribution in [0.5, 0.6) is 0 Å². The van der Waals surface area contributed by atoms with Crippen molar-refractivity contribution in [1.29, 1.82) is 0 Å². The Morgan fingerprint density at radius 3 is 2.90 bits per heavy atom. The Morgan fingerprint density at radius 2 is 2.30 bits per heavy atom. The molecule has 20 heavy (non-hydrogen) atoms. The van der Waals surface area contributed by atoms with Crippen molar-refractivity contribution in [2.45, 2.75) is 18.2 Å². The van der Waals surface area contributed by atoms with Crippen LogP contribution in [-0.4, -0.2) is 34.0 Å². The number of nitrogens with zero attached hydrogens (tertiary/aromatic N) is 2. The van der Waals surface area contributed by atoms with Gasteiger partial charge < -0.3 is 14.9 Å². The van der Waals surface area contributed by atoms with Crippen LogP contribution in [0, 0.1) is 6.92 Å². The van der Waals surface area contributed by atoms with E-state index in [-0.39, 0.29) is 0 Å². The number of aromatic nitrogens is 2. The van der Waals surface area contributed by atoms with Crippen LogP contribution in [0.15, 0.2) is 27.6 Å². The number of aromatic carboxylic acids is 1. The number of carboxylic acid groups (broad SMARTS) is 1. The van der Waals surface area contributed by atoms with Gasteiger partial charge in [-0.05, 0) is 18.4 Å². The van der Waals surface area contributed by atoms with Crippen molar-refractivity contribution >= 4 is 23.4 Å². The van der Waals surface area contributed by atoms with Gasteiger partial charge in [0.2, 0.25) is 5.89 Å². The molecule has 0 aliphatic rings. The second-order valence-electron chi connectivity index (χ2n) is 4.09. The molecule has 2 N–H and O–H groups in total. The first-order valence-electron chi connectivity index (χ1n) is 6.05. The van der Waals surface area contributed by atoms with Gasteiger partial charge in [0.05, 0.1) is 5.56 Å². The summed E-state index contributed by atoms with van der Waals surface area (Å²) < 4.78 is 4.88. The zero-order chi connectivity index (χ0) is 14.5. The summed E-state index contributed by atoms with van der Waals surface area (Å²) in [4.78, 5) is 16.2. The number of anilines is 1. The Kier molecular flexibility index (Phi) is 4.62. The van der Waals surface area contributed by atoms with Gasteiger partial charge in [0.25, 0.3) is 0 Å². The van der Waals surface area contributed by atoms with Gasteiger partial charge in [-0.2, -0.15) is 4.98 Å². The molecule has 0 amide bonds. The Morgan fingerprint density at radius 1 is 1.50 bits per heavy atom. The molecule has 106 valence electrons. The van der Waals surface area contributed by atoms with E-state index >= 15 is 0 Å². The number of aryl methyl sites for hydroxylation is 1. The Bertz CT molecular complexity index is 613. The Hall–Kier alpha value is -2.02. The molecule has 0 aliphatic carbocycles. The van der Waals surface area contributed by atoms with Crippen LogP contribution in [0.1, 0.15) is 22.1 Å². The summed E-state index contributed by atoms with van der Waals surface area (Å²) in [5.41, 5.74) is 0.897. The molecule has 0 radical (unpaired) electrons. The third-order valence-corrected chi connectivity index (χ3v) is 3.47. The molecule has 2 rings (SSSR count). The van der Waals surface area contributed by atoms with E-state index in [4.69, 9.17) is 4.52 Å². The van der Waals surface area contributed by atoms with Crippen molar-refractivity contribution in [3.8, 4) is 0 Å². The standard InChI is InChI=1S/C13H15N3O3S/c1-8-15-11(16-19-8)6-7-14-9-4-3-5-10(20-2)12(9)13(17)18/h3-5,14H,6-7H2,1-2H3,(H,17,18). The van der Waals surface area contributed by atoms with Crippen molar-refractivity contribution in [1.82, 2.24) is 10.1 Å². The van der Waals surface area contributed by atoms with Gasteiger partial charge in [-0.25, -0.2) is 4.79 Å². The lowest BCUT2D eigenvalue weighted by Crippen LogP contribution is -2.11. The summed E-state index contributed by atoms with van der Waals surface area (Å²) in [6.07, 6.45) is 2.42. The lowest BCUT2D eigenvalue weighted by Gasteiger charge is -2.11. The maximum Gasteiger partial charge on any atom is 0.338 e. The van der Waals surface area contributed by atoms with Crippen molar-refractivity contribution < 1.29 is 14.4 Å². The molecule has 0 spiro atoms. The van der Waals surface area contributed by atoms with Crippen molar-refractivity contribution in [3.05, 3.63) is 35.5 Å². The average molecular weight is 293 g/mol. The third-order valence-electron chi connectivity index (χ3n) is 2.69. The molecule has 1 heterocycles. The number of rotatable bonds is 6. The maximum absolute atomic E-state index is 11.3. The molecule has 0 fully saturated rings. The highest BCUT2D eigenvalue weighted by Crippen LogP contribution is 2.27. The normalized spacial score (nSPS) is 10.5. The molecule has 1 aromatic heterocycles. The van der Waals surface area contributed by atoms with Gasteiger partial charge in [0.15, 0.2) is 5.82 Å². The largest absolute Gasteiger partial charge is 0.478 e. The number of hydrogen-bond donors (Lipinski definition) is 2. The van der Waals surface area contributed by atoms with E-state index in [0.29, 0.717) is 35.9 Å². The first-order chi connectivity index (χ1) is 9.61. The molecule has 0 atom stereocenters. The minimum atomic E-state index is -0.937. The minimum absolute atomic E-state index is 0.296. The summed E-state index contributed by atoms with van der Waals surface area (Å²) in [7, 11) is 0. The van der Waals surface area contributed by atoms with Gasteiger partial charge in [-0.1, -0.05) is 11.2 Å². The lowest BCUT2D eigenvalue weighted by atomic mass is 10.1. The number of benzene rings is 1. The quantitative estimate of drug-likeness (QED) is 0.791. The van der Waals surface area contributed by atoms with Crippen LogP contribution in [0.25, 0.3) is 0 Å². The van der Waals surface area contributed by atoms with Crippen LogP contribution in [0.3, 0.4) is 0 Å². The monoisotopic (exact) mass is 293 g/mol. The average Bonchev–Trinajstić information content (AvgIpc) is 2.83. The summed E-state index contributed by atoms with van der Waals surface area (Å²) in [6.45, 7) is 2.27. The van der Waals surface area contributed by atoms with Crippen LogP contribution >= 0.6 is 11.8 Å². The molecule has 2 aromatic rings. The van der Waals surface area contributed by atoms with Crippen molar-refractivity contribution in [2.75, 3.05) is 18.1 Å². The van der Waals surface area contributed by atoms with Crippen LogP contribution in [0.2, 0.25) is 0 Å². The first-order valence-corrected chi connectivity index (χ1v) is 7.27. The maximum atomic E-state index is 11.3. The zero-order valence-corrected chi connectivity index (χ0v) is 12.0. The topological polar surface area (TPSA) is 88.3 Å². The number of carbonyl (C=O) groups is 1. The van der Waals surface area contributed by atoms with E-state index < -0.39 is 5.97 Å². The predicted octanol–water partition coefficient (Wildman–Crippen LogP) is 2.45.